The second kappa shape index (κ2) is 6.91. The van der Waals surface area contributed by atoms with Gasteiger partial charge in [-0.15, -0.1) is 11.3 Å². The number of anilines is 1. The molecule has 0 bridgehead atoms. The molecule has 0 radical (unpaired) electrons. The number of thiophene rings is 1. The maximum absolute atomic E-state index is 6.08. The number of halogens is 1. The molecule has 1 fully saturated rings. The van der Waals surface area contributed by atoms with Crippen molar-refractivity contribution in [1.82, 2.24) is 15.0 Å². The molecule has 5 rings (SSSR count). The fraction of sp³-hybridized carbons (Fsp3) is 0.190. The smallest absolute Gasteiger partial charge is 0.141 e. The standard InChI is InChI=1S/C21H17ClN4S/c22-16-7-5-14(6-8-16)17-12-27-21-19(17)20(24-13-25-21)26-10-2-4-18(26)15-3-1-9-23-11-15/h1,3,5-9,11-13,18H,2,4,10H2. The van der Waals surface area contributed by atoms with Gasteiger partial charge in [-0.25, -0.2) is 9.97 Å². The molecule has 1 saturated heterocycles. The summed E-state index contributed by atoms with van der Waals surface area (Å²) >= 11 is 7.74. The van der Waals surface area contributed by atoms with Crippen LogP contribution in [0.25, 0.3) is 21.3 Å². The lowest BCUT2D eigenvalue weighted by Crippen LogP contribution is -2.24. The van der Waals surface area contributed by atoms with Crippen LogP contribution in [0.4, 0.5) is 5.82 Å². The van der Waals surface area contributed by atoms with Gasteiger partial charge in [0.2, 0.25) is 0 Å². The quantitative estimate of drug-likeness (QED) is 0.445. The highest BCUT2D eigenvalue weighted by molar-refractivity contribution is 7.17. The van der Waals surface area contributed by atoms with Crippen LogP contribution in [0.1, 0.15) is 24.4 Å². The molecule has 3 aromatic heterocycles. The first-order valence-corrected chi connectivity index (χ1v) is 10.2. The van der Waals surface area contributed by atoms with Crippen molar-refractivity contribution in [3.05, 3.63) is 71.1 Å². The normalized spacial score (nSPS) is 16.9. The first-order valence-electron chi connectivity index (χ1n) is 8.96. The van der Waals surface area contributed by atoms with Crippen LogP contribution in [0.15, 0.2) is 60.5 Å². The highest BCUT2D eigenvalue weighted by Gasteiger charge is 2.29. The summed E-state index contributed by atoms with van der Waals surface area (Å²) in [6.45, 7) is 0.988. The van der Waals surface area contributed by atoms with Crippen LogP contribution in [0.3, 0.4) is 0 Å². The summed E-state index contributed by atoms with van der Waals surface area (Å²) in [6.07, 6.45) is 7.72. The Labute approximate surface area is 166 Å². The summed E-state index contributed by atoms with van der Waals surface area (Å²) in [4.78, 5) is 17.0. The fourth-order valence-electron chi connectivity index (χ4n) is 3.86. The number of rotatable bonds is 3. The molecule has 0 spiro atoms. The van der Waals surface area contributed by atoms with Crippen LogP contribution in [0.5, 0.6) is 0 Å². The largest absolute Gasteiger partial charge is 0.349 e. The number of nitrogens with zero attached hydrogens (tertiary/aromatic N) is 4. The summed E-state index contributed by atoms with van der Waals surface area (Å²) in [5.74, 6) is 1.01. The second-order valence-corrected chi connectivity index (χ2v) is 7.97. The van der Waals surface area contributed by atoms with E-state index < -0.39 is 0 Å². The van der Waals surface area contributed by atoms with E-state index in [1.54, 1.807) is 17.7 Å². The van der Waals surface area contributed by atoms with Gasteiger partial charge in [-0.05, 0) is 42.2 Å². The van der Waals surface area contributed by atoms with Gasteiger partial charge >= 0.3 is 0 Å². The van der Waals surface area contributed by atoms with E-state index in [-0.39, 0.29) is 0 Å². The van der Waals surface area contributed by atoms with E-state index in [1.165, 1.54) is 11.1 Å². The average molecular weight is 393 g/mol. The molecule has 1 aliphatic rings. The molecule has 0 saturated carbocycles. The van der Waals surface area contributed by atoms with Gasteiger partial charge < -0.3 is 4.90 Å². The third kappa shape index (κ3) is 2.97. The Balaban J connectivity index is 1.65. The van der Waals surface area contributed by atoms with E-state index in [1.807, 2.05) is 30.6 Å². The Kier molecular flexibility index (Phi) is 4.26. The first-order chi connectivity index (χ1) is 13.3. The molecule has 6 heteroatoms. The van der Waals surface area contributed by atoms with Crippen molar-refractivity contribution in [3.63, 3.8) is 0 Å². The minimum atomic E-state index is 0.301. The molecule has 0 amide bonds. The molecule has 4 heterocycles. The maximum atomic E-state index is 6.08. The molecule has 0 N–H and O–H groups in total. The van der Waals surface area contributed by atoms with Crippen LogP contribution in [-0.4, -0.2) is 21.5 Å². The van der Waals surface area contributed by atoms with E-state index in [9.17, 15) is 0 Å². The molecule has 0 aliphatic carbocycles. The highest BCUT2D eigenvalue weighted by atomic mass is 35.5. The maximum Gasteiger partial charge on any atom is 0.141 e. The average Bonchev–Trinajstić information content (AvgIpc) is 3.36. The van der Waals surface area contributed by atoms with Crippen molar-refractivity contribution >= 4 is 39.0 Å². The van der Waals surface area contributed by atoms with Gasteiger partial charge in [-0.3, -0.25) is 4.98 Å². The Morgan fingerprint density at radius 3 is 2.81 bits per heavy atom. The predicted octanol–water partition coefficient (Wildman–Crippen LogP) is 5.75. The summed E-state index contributed by atoms with van der Waals surface area (Å²) in [5.41, 5.74) is 3.54. The number of hydrogen-bond acceptors (Lipinski definition) is 5. The Bertz CT molecular complexity index is 1080. The summed E-state index contributed by atoms with van der Waals surface area (Å²) in [7, 11) is 0. The topological polar surface area (TPSA) is 41.9 Å². The number of fused-ring (bicyclic) bond motifs is 1. The first kappa shape index (κ1) is 16.7. The zero-order chi connectivity index (χ0) is 18.2. The predicted molar refractivity (Wildman–Crippen MR) is 111 cm³/mol. The minimum absolute atomic E-state index is 0.301. The van der Waals surface area contributed by atoms with Crippen molar-refractivity contribution in [1.29, 1.82) is 0 Å². The van der Waals surface area contributed by atoms with Crippen molar-refractivity contribution < 1.29 is 0 Å². The lowest BCUT2D eigenvalue weighted by atomic mass is 10.0. The number of benzene rings is 1. The summed E-state index contributed by atoms with van der Waals surface area (Å²) < 4.78 is 0. The minimum Gasteiger partial charge on any atom is -0.349 e. The zero-order valence-electron chi connectivity index (χ0n) is 14.5. The molecule has 1 aromatic carbocycles. The van der Waals surface area contributed by atoms with Crippen molar-refractivity contribution in [3.8, 4) is 11.1 Å². The summed E-state index contributed by atoms with van der Waals surface area (Å²) in [5, 5.41) is 4.04. The highest BCUT2D eigenvalue weighted by Crippen LogP contribution is 2.43. The number of pyridine rings is 1. The molecule has 134 valence electrons. The van der Waals surface area contributed by atoms with Gasteiger partial charge in [0, 0.05) is 34.9 Å². The van der Waals surface area contributed by atoms with Crippen LogP contribution < -0.4 is 4.90 Å². The monoisotopic (exact) mass is 392 g/mol. The SMILES string of the molecule is Clc1ccc(-c2csc3ncnc(N4CCCC4c4cccnc4)c23)cc1. The van der Waals surface area contributed by atoms with E-state index in [0.717, 1.165) is 46.0 Å². The lowest BCUT2D eigenvalue weighted by Gasteiger charge is -2.26. The van der Waals surface area contributed by atoms with Crippen LogP contribution in [0, 0.1) is 0 Å². The van der Waals surface area contributed by atoms with Crippen molar-refractivity contribution in [2.75, 3.05) is 11.4 Å². The van der Waals surface area contributed by atoms with Crippen LogP contribution in [-0.2, 0) is 0 Å². The van der Waals surface area contributed by atoms with Crippen LogP contribution >= 0.6 is 22.9 Å². The Hall–Kier alpha value is -2.50. The molecule has 4 aromatic rings. The van der Waals surface area contributed by atoms with Gasteiger partial charge in [0.25, 0.3) is 0 Å². The van der Waals surface area contributed by atoms with Gasteiger partial charge in [-0.1, -0.05) is 29.8 Å². The lowest BCUT2D eigenvalue weighted by molar-refractivity contribution is 0.710. The van der Waals surface area contributed by atoms with E-state index in [4.69, 9.17) is 16.6 Å². The molecule has 1 aliphatic heterocycles. The molecule has 1 atom stereocenters. The van der Waals surface area contributed by atoms with Crippen molar-refractivity contribution in [2.45, 2.75) is 18.9 Å². The zero-order valence-corrected chi connectivity index (χ0v) is 16.1. The molecule has 27 heavy (non-hydrogen) atoms. The van der Waals surface area contributed by atoms with Crippen LogP contribution in [0.2, 0.25) is 5.02 Å². The third-order valence-electron chi connectivity index (χ3n) is 5.10. The third-order valence-corrected chi connectivity index (χ3v) is 6.24. The Morgan fingerprint density at radius 2 is 2.00 bits per heavy atom. The van der Waals surface area contributed by atoms with Crippen molar-refractivity contribution in [2.24, 2.45) is 0 Å². The van der Waals surface area contributed by atoms with Gasteiger partial charge in [-0.2, -0.15) is 0 Å². The molecule has 4 nitrogen and oxygen atoms in total. The molecule has 1 unspecified atom stereocenters. The van der Waals surface area contributed by atoms with Gasteiger partial charge in [0.05, 0.1) is 11.4 Å². The fourth-order valence-corrected chi connectivity index (χ4v) is 4.90. The van der Waals surface area contributed by atoms with Gasteiger partial charge in [0.1, 0.15) is 17.0 Å². The molecular weight excluding hydrogens is 376 g/mol. The Morgan fingerprint density at radius 1 is 1.11 bits per heavy atom. The van der Waals surface area contributed by atoms with Gasteiger partial charge in [0.15, 0.2) is 0 Å². The van der Waals surface area contributed by atoms with E-state index in [2.05, 4.69) is 38.4 Å². The number of hydrogen-bond donors (Lipinski definition) is 0. The summed E-state index contributed by atoms with van der Waals surface area (Å²) in [6, 6.07) is 12.4. The second-order valence-electron chi connectivity index (χ2n) is 6.67. The van der Waals surface area contributed by atoms with E-state index >= 15 is 0 Å². The van der Waals surface area contributed by atoms with E-state index in [0.29, 0.717) is 6.04 Å². The number of aromatic nitrogens is 3. The molecular formula is C21H17ClN4S.